The second-order valence-corrected chi connectivity index (χ2v) is 6.85. The van der Waals surface area contributed by atoms with Crippen LogP contribution in [0.5, 0.6) is 5.75 Å². The summed E-state index contributed by atoms with van der Waals surface area (Å²) in [4.78, 5) is 37.4. The fourth-order valence-electron chi connectivity index (χ4n) is 3.46. The van der Waals surface area contributed by atoms with E-state index in [2.05, 4.69) is 4.74 Å². The minimum atomic E-state index is -2.96. The van der Waals surface area contributed by atoms with Crippen LogP contribution in [-0.2, 0) is 9.59 Å². The summed E-state index contributed by atoms with van der Waals surface area (Å²) in [5, 5.41) is 10.8. The Balaban J connectivity index is 2.08. The topological polar surface area (TPSA) is 86.7 Å². The van der Waals surface area contributed by atoms with Gasteiger partial charge in [-0.1, -0.05) is 18.2 Å². The van der Waals surface area contributed by atoms with E-state index >= 15 is 0 Å². The highest BCUT2D eigenvalue weighted by Crippen LogP contribution is 2.32. The predicted octanol–water partition coefficient (Wildman–Crippen LogP) is 2.57. The van der Waals surface area contributed by atoms with Gasteiger partial charge in [0.15, 0.2) is 0 Å². The summed E-state index contributed by atoms with van der Waals surface area (Å²) in [7, 11) is 0. The molecule has 0 N–H and O–H groups in total. The van der Waals surface area contributed by atoms with Crippen molar-refractivity contribution in [3.63, 3.8) is 0 Å². The molecule has 0 saturated heterocycles. The average Bonchev–Trinajstić information content (AvgIpc) is 2.67. The number of carbonyl (C=O) groups is 3. The van der Waals surface area contributed by atoms with Gasteiger partial charge >= 0.3 is 6.61 Å². The first-order chi connectivity index (χ1) is 14.2. The Morgan fingerprint density at radius 1 is 1.10 bits per heavy atom. The van der Waals surface area contributed by atoms with Crippen molar-refractivity contribution in [1.29, 1.82) is 0 Å². The number of halogens is 2. The predicted molar refractivity (Wildman–Crippen MR) is 103 cm³/mol. The maximum atomic E-state index is 13.0. The van der Waals surface area contributed by atoms with Gasteiger partial charge in [-0.25, -0.2) is 0 Å². The molecule has 6 nitrogen and oxygen atoms in total. The third-order valence-corrected chi connectivity index (χ3v) is 4.71. The molecule has 0 saturated carbocycles. The van der Waals surface area contributed by atoms with Gasteiger partial charge in [0, 0.05) is 30.1 Å². The van der Waals surface area contributed by atoms with Crippen molar-refractivity contribution in [1.82, 2.24) is 4.90 Å². The lowest BCUT2D eigenvalue weighted by Gasteiger charge is -2.29. The summed E-state index contributed by atoms with van der Waals surface area (Å²) < 4.78 is 29.8. The fraction of sp³-hybridized carbons (Fsp3) is 0.227. The minimum absolute atomic E-state index is 0.0632. The number of rotatable bonds is 6. The molecular weight excluding hydrogens is 396 g/mol. The third-order valence-electron chi connectivity index (χ3n) is 4.71. The third kappa shape index (κ3) is 4.22. The lowest BCUT2D eigenvalue weighted by molar-refractivity contribution is -0.305. The van der Waals surface area contributed by atoms with Crippen LogP contribution in [0.4, 0.5) is 8.78 Å². The van der Waals surface area contributed by atoms with Crippen molar-refractivity contribution in [3.8, 4) is 5.75 Å². The van der Waals surface area contributed by atoms with E-state index in [-0.39, 0.29) is 23.4 Å². The Morgan fingerprint density at radius 2 is 1.70 bits per heavy atom. The van der Waals surface area contributed by atoms with Gasteiger partial charge < -0.3 is 14.6 Å². The highest BCUT2D eigenvalue weighted by atomic mass is 19.3. The molecule has 30 heavy (non-hydrogen) atoms. The van der Waals surface area contributed by atoms with Crippen LogP contribution < -0.4 is 9.84 Å². The highest BCUT2D eigenvalue weighted by molar-refractivity contribution is 6.33. The van der Waals surface area contributed by atoms with Crippen molar-refractivity contribution >= 4 is 29.4 Å². The van der Waals surface area contributed by atoms with E-state index in [1.54, 1.807) is 56.3 Å². The Kier molecular flexibility index (Phi) is 5.96. The van der Waals surface area contributed by atoms with Crippen LogP contribution in [-0.4, -0.2) is 35.8 Å². The van der Waals surface area contributed by atoms with Gasteiger partial charge in [-0.2, -0.15) is 8.78 Å². The molecule has 2 aromatic carbocycles. The number of carbonyl (C=O) groups excluding carboxylic acids is 3. The van der Waals surface area contributed by atoms with Crippen LogP contribution in [0.3, 0.4) is 0 Å². The fourth-order valence-corrected chi connectivity index (χ4v) is 3.46. The molecule has 0 fully saturated rings. The van der Waals surface area contributed by atoms with Crippen molar-refractivity contribution in [2.75, 3.05) is 6.54 Å². The average molecular weight is 414 g/mol. The molecule has 0 spiro atoms. The molecule has 0 unspecified atom stereocenters. The molecule has 3 rings (SSSR count). The zero-order chi connectivity index (χ0) is 22.0. The molecule has 1 heterocycles. The molecule has 0 bridgehead atoms. The van der Waals surface area contributed by atoms with E-state index in [1.807, 2.05) is 0 Å². The van der Waals surface area contributed by atoms with Crippen LogP contribution in [0.25, 0.3) is 11.6 Å². The van der Waals surface area contributed by atoms with Gasteiger partial charge in [0.2, 0.25) is 0 Å². The number of ether oxygens (including phenoxy) is 1. The summed E-state index contributed by atoms with van der Waals surface area (Å²) in [6.45, 7) is -0.0510. The monoisotopic (exact) mass is 414 g/mol. The van der Waals surface area contributed by atoms with Gasteiger partial charge in [-0.05, 0) is 60.4 Å². The molecule has 156 valence electrons. The standard InChI is InChI=1S/C22H19F2NO5/c1-12-9-14(10-13(2)19(12)30-22(23)24)11-17-15-5-3-4-6-16(15)20(28)25(21(17)29)8-7-18(26)27/h3-6,9-11,22H,7-8H2,1-2H3,(H,26,27)/p-1/b17-11-. The van der Waals surface area contributed by atoms with E-state index in [4.69, 9.17) is 0 Å². The molecule has 2 amide bonds. The number of aliphatic carboxylic acids is 1. The van der Waals surface area contributed by atoms with Crippen LogP contribution in [0.1, 0.15) is 39.0 Å². The zero-order valence-corrected chi connectivity index (χ0v) is 16.3. The molecule has 0 atom stereocenters. The lowest BCUT2D eigenvalue weighted by atomic mass is 9.91. The summed E-state index contributed by atoms with van der Waals surface area (Å²) in [5.74, 6) is -2.53. The summed E-state index contributed by atoms with van der Waals surface area (Å²) in [6, 6.07) is 9.69. The molecule has 1 aliphatic heterocycles. The number of aryl methyl sites for hydroxylation is 2. The number of carboxylic acid groups (broad SMARTS) is 1. The number of imide groups is 1. The van der Waals surface area contributed by atoms with Gasteiger partial charge in [0.1, 0.15) is 5.75 Å². The van der Waals surface area contributed by atoms with Crippen LogP contribution in [0.15, 0.2) is 36.4 Å². The minimum Gasteiger partial charge on any atom is -0.550 e. The second-order valence-electron chi connectivity index (χ2n) is 6.85. The molecule has 2 aromatic rings. The Hall–Kier alpha value is -3.55. The summed E-state index contributed by atoms with van der Waals surface area (Å²) >= 11 is 0. The first kappa shape index (κ1) is 21.2. The number of benzene rings is 2. The number of carboxylic acids is 1. The first-order valence-corrected chi connectivity index (χ1v) is 9.12. The summed E-state index contributed by atoms with van der Waals surface area (Å²) in [6.07, 6.45) is 1.07. The number of amides is 2. The summed E-state index contributed by atoms with van der Waals surface area (Å²) in [5.41, 5.74) is 2.37. The SMILES string of the molecule is Cc1cc(/C=C2\C(=O)N(CCC(=O)[O-])C(=O)c3ccccc32)cc(C)c1OC(F)F. The lowest BCUT2D eigenvalue weighted by Crippen LogP contribution is -2.43. The number of fused-ring (bicyclic) bond motifs is 1. The zero-order valence-electron chi connectivity index (χ0n) is 16.3. The Bertz CT molecular complexity index is 1040. The van der Waals surface area contributed by atoms with E-state index in [1.165, 1.54) is 0 Å². The molecule has 0 radical (unpaired) electrons. The van der Waals surface area contributed by atoms with Crippen LogP contribution in [0, 0.1) is 13.8 Å². The van der Waals surface area contributed by atoms with Crippen molar-refractivity contribution in [2.45, 2.75) is 26.9 Å². The van der Waals surface area contributed by atoms with E-state index in [0.29, 0.717) is 22.3 Å². The molecule has 1 aliphatic rings. The van der Waals surface area contributed by atoms with Gasteiger partial charge in [0.25, 0.3) is 11.8 Å². The molecule has 0 aliphatic carbocycles. The maximum Gasteiger partial charge on any atom is 0.387 e. The number of nitrogens with zero attached hydrogens (tertiary/aromatic N) is 1. The van der Waals surface area contributed by atoms with E-state index in [0.717, 1.165) is 4.90 Å². The number of alkyl halides is 2. The number of hydrogen-bond acceptors (Lipinski definition) is 5. The Morgan fingerprint density at radius 3 is 2.27 bits per heavy atom. The highest BCUT2D eigenvalue weighted by Gasteiger charge is 2.34. The van der Waals surface area contributed by atoms with Gasteiger partial charge in [-0.15, -0.1) is 0 Å². The smallest absolute Gasteiger partial charge is 0.387 e. The van der Waals surface area contributed by atoms with Crippen molar-refractivity contribution < 1.29 is 33.0 Å². The van der Waals surface area contributed by atoms with Gasteiger partial charge in [-0.3, -0.25) is 14.5 Å². The largest absolute Gasteiger partial charge is 0.550 e. The number of hydrogen-bond donors (Lipinski definition) is 0. The van der Waals surface area contributed by atoms with Crippen LogP contribution >= 0.6 is 0 Å². The van der Waals surface area contributed by atoms with E-state index in [9.17, 15) is 28.3 Å². The molecule has 8 heteroatoms. The second kappa shape index (κ2) is 8.44. The Labute approximate surface area is 171 Å². The van der Waals surface area contributed by atoms with Gasteiger partial charge in [0.05, 0.1) is 0 Å². The quantitative estimate of drug-likeness (QED) is 0.536. The maximum absolute atomic E-state index is 13.0. The first-order valence-electron chi connectivity index (χ1n) is 9.12. The molecular formula is C22H18F2NO5-. The molecule has 0 aromatic heterocycles. The normalized spacial score (nSPS) is 15.0. The van der Waals surface area contributed by atoms with Crippen LogP contribution in [0.2, 0.25) is 0 Å². The van der Waals surface area contributed by atoms with Crippen molar-refractivity contribution in [2.24, 2.45) is 0 Å². The van der Waals surface area contributed by atoms with E-state index < -0.39 is 30.8 Å². The van der Waals surface area contributed by atoms with Crippen molar-refractivity contribution in [3.05, 3.63) is 64.2 Å².